The van der Waals surface area contributed by atoms with Gasteiger partial charge in [-0.25, -0.2) is 4.79 Å². The van der Waals surface area contributed by atoms with Crippen molar-refractivity contribution in [2.24, 2.45) is 0 Å². The number of benzene rings is 1. The Morgan fingerprint density at radius 2 is 1.71 bits per heavy atom. The second-order valence-electron chi connectivity index (χ2n) is 2.87. The summed E-state index contributed by atoms with van der Waals surface area (Å²) in [5, 5.41) is 28.5. The normalized spacial score (nSPS) is 8.06. The molecule has 0 unspecified atom stereocenters. The molecule has 0 spiro atoms. The van der Waals surface area contributed by atoms with Crippen molar-refractivity contribution in [2.75, 3.05) is 0 Å². The molecule has 6 heteroatoms. The maximum atomic E-state index is 10.7. The second-order valence-corrected chi connectivity index (χ2v) is 2.87. The molecule has 0 aliphatic carbocycles. The fourth-order valence-corrected chi connectivity index (χ4v) is 0.643. The third-order valence-corrected chi connectivity index (χ3v) is 1.47. The van der Waals surface area contributed by atoms with Gasteiger partial charge in [0.2, 0.25) is 0 Å². The fourth-order valence-electron chi connectivity index (χ4n) is 0.643. The first-order chi connectivity index (χ1) is 7.36. The van der Waals surface area contributed by atoms with E-state index in [4.69, 9.17) is 5.11 Å². The zero-order chi connectivity index (χ0) is 12.7. The standard InChI is InChI=1S/C7H6O3.C4H6O2.Cu/c8-6-4-2-1-3-5(6)7(9)10;1-3(2)4(5)6;/h1-4,8H,(H,9,10);1H2,2H3,(H,5,6);/q;;+2/p-2. The first-order valence-corrected chi connectivity index (χ1v) is 4.22. The zero-order valence-electron chi connectivity index (χ0n) is 8.90. The number of hydrogen-bond acceptors (Lipinski definition) is 4. The molecule has 0 aliphatic heterocycles. The SMILES string of the molecule is C=C(C)C(=O)[O-].O=C(O)c1ccccc1[O-].[Cu+2]. The molecule has 17 heavy (non-hydrogen) atoms. The Balaban J connectivity index is 0. The second kappa shape index (κ2) is 8.38. The number of para-hydroxylation sites is 1. The van der Waals surface area contributed by atoms with Crippen molar-refractivity contribution in [1.82, 2.24) is 0 Å². The number of carbonyl (C=O) groups is 2. The molecule has 1 rings (SSSR count). The molecule has 0 amide bonds. The molecule has 0 fully saturated rings. The fraction of sp³-hybridized carbons (Fsp3) is 0.0909. The summed E-state index contributed by atoms with van der Waals surface area (Å²) >= 11 is 0. The molecule has 1 N–H and O–H groups in total. The van der Waals surface area contributed by atoms with E-state index in [1.807, 2.05) is 0 Å². The monoisotopic (exact) mass is 285 g/mol. The van der Waals surface area contributed by atoms with Crippen LogP contribution in [0, 0.1) is 0 Å². The van der Waals surface area contributed by atoms with Gasteiger partial charge in [0.15, 0.2) is 0 Å². The van der Waals surface area contributed by atoms with Crippen molar-refractivity contribution in [1.29, 1.82) is 0 Å². The number of rotatable bonds is 2. The van der Waals surface area contributed by atoms with Crippen LogP contribution in [0.15, 0.2) is 36.4 Å². The molecule has 1 aromatic rings. The smallest absolute Gasteiger partial charge is 0.872 e. The van der Waals surface area contributed by atoms with E-state index in [9.17, 15) is 19.8 Å². The van der Waals surface area contributed by atoms with Crippen molar-refractivity contribution >= 4 is 11.9 Å². The molecule has 0 bridgehead atoms. The Hall–Kier alpha value is -1.78. The molecular formula is C11H10CuO5. The molecular weight excluding hydrogens is 276 g/mol. The van der Waals surface area contributed by atoms with E-state index in [2.05, 4.69) is 6.58 Å². The molecule has 95 valence electrons. The third kappa shape index (κ3) is 7.16. The van der Waals surface area contributed by atoms with Crippen LogP contribution in [0.3, 0.4) is 0 Å². The molecule has 0 saturated heterocycles. The Morgan fingerprint density at radius 1 is 1.29 bits per heavy atom. The van der Waals surface area contributed by atoms with Gasteiger partial charge in [0.05, 0.1) is 11.5 Å². The minimum absolute atomic E-state index is 0. The molecule has 0 aromatic heterocycles. The Labute approximate surface area is 109 Å². The van der Waals surface area contributed by atoms with Gasteiger partial charge in [-0.1, -0.05) is 30.5 Å². The third-order valence-electron chi connectivity index (χ3n) is 1.47. The minimum Gasteiger partial charge on any atom is -0.872 e. The summed E-state index contributed by atoms with van der Waals surface area (Å²) < 4.78 is 0. The van der Waals surface area contributed by atoms with Crippen molar-refractivity contribution in [3.63, 3.8) is 0 Å². The summed E-state index contributed by atoms with van der Waals surface area (Å²) in [5.74, 6) is -2.81. The van der Waals surface area contributed by atoms with Crippen LogP contribution in [0.1, 0.15) is 17.3 Å². The van der Waals surface area contributed by atoms with Gasteiger partial charge in [-0.2, -0.15) is 0 Å². The average Bonchev–Trinajstić information content (AvgIpc) is 2.18. The van der Waals surface area contributed by atoms with Gasteiger partial charge in [0.25, 0.3) is 0 Å². The van der Waals surface area contributed by atoms with Crippen LogP contribution in [0.5, 0.6) is 5.75 Å². The van der Waals surface area contributed by atoms with Crippen molar-refractivity contribution in [2.45, 2.75) is 6.92 Å². The van der Waals surface area contributed by atoms with E-state index in [1.54, 1.807) is 0 Å². The largest absolute Gasteiger partial charge is 2.00 e. The van der Waals surface area contributed by atoms with E-state index in [0.717, 1.165) is 0 Å². The van der Waals surface area contributed by atoms with Crippen LogP contribution in [0.25, 0.3) is 0 Å². The average molecular weight is 286 g/mol. The Morgan fingerprint density at radius 3 is 1.94 bits per heavy atom. The van der Waals surface area contributed by atoms with Crippen LogP contribution >= 0.6 is 0 Å². The summed E-state index contributed by atoms with van der Waals surface area (Å²) in [6, 6.07) is 5.54. The van der Waals surface area contributed by atoms with Crippen LogP contribution in [-0.4, -0.2) is 17.0 Å². The van der Waals surface area contributed by atoms with E-state index < -0.39 is 17.7 Å². The van der Waals surface area contributed by atoms with Gasteiger partial charge >= 0.3 is 23.0 Å². The van der Waals surface area contributed by atoms with E-state index in [-0.39, 0.29) is 28.2 Å². The molecule has 0 atom stereocenters. The van der Waals surface area contributed by atoms with Gasteiger partial charge in [-0.3, -0.25) is 0 Å². The Kier molecular flexibility index (Phi) is 8.68. The van der Waals surface area contributed by atoms with Crippen LogP contribution in [0.2, 0.25) is 0 Å². The van der Waals surface area contributed by atoms with Gasteiger partial charge in [0, 0.05) is 0 Å². The van der Waals surface area contributed by atoms with E-state index in [1.165, 1.54) is 31.2 Å². The maximum Gasteiger partial charge on any atom is 2.00 e. The predicted molar refractivity (Wildman–Crippen MR) is 52.7 cm³/mol. The number of aliphatic carboxylic acids is 1. The molecule has 1 aromatic carbocycles. The molecule has 5 nitrogen and oxygen atoms in total. The minimum atomic E-state index is -1.19. The van der Waals surface area contributed by atoms with Crippen LogP contribution in [0.4, 0.5) is 0 Å². The van der Waals surface area contributed by atoms with Crippen molar-refractivity contribution in [3.8, 4) is 5.75 Å². The van der Waals surface area contributed by atoms with E-state index >= 15 is 0 Å². The number of carbonyl (C=O) groups excluding carboxylic acids is 1. The number of aromatic carboxylic acids is 1. The summed E-state index contributed by atoms with van der Waals surface area (Å²) in [5.41, 5.74) is -0.113. The summed E-state index contributed by atoms with van der Waals surface area (Å²) in [6.45, 7) is 4.48. The number of carboxylic acids is 2. The van der Waals surface area contributed by atoms with Crippen molar-refractivity contribution in [3.05, 3.63) is 42.0 Å². The maximum absolute atomic E-state index is 10.7. The van der Waals surface area contributed by atoms with Gasteiger partial charge in [-0.05, 0) is 18.6 Å². The van der Waals surface area contributed by atoms with Gasteiger partial charge in [0.1, 0.15) is 0 Å². The predicted octanol–water partition coefficient (Wildman–Crippen LogP) is -0.232. The summed E-state index contributed by atoms with van der Waals surface area (Å²) in [4.78, 5) is 19.7. The van der Waals surface area contributed by atoms with Crippen LogP contribution < -0.4 is 10.2 Å². The molecule has 0 aliphatic rings. The first-order valence-electron chi connectivity index (χ1n) is 4.22. The number of carboxylic acid groups (broad SMARTS) is 2. The molecule has 0 heterocycles. The first kappa shape index (κ1) is 17.6. The van der Waals surface area contributed by atoms with Crippen LogP contribution in [-0.2, 0) is 21.9 Å². The van der Waals surface area contributed by atoms with Gasteiger partial charge in [-0.15, -0.1) is 0 Å². The molecule has 0 saturated carbocycles. The number of hydrogen-bond donors (Lipinski definition) is 1. The zero-order valence-corrected chi connectivity index (χ0v) is 9.84. The van der Waals surface area contributed by atoms with E-state index in [0.29, 0.717) is 0 Å². The summed E-state index contributed by atoms with van der Waals surface area (Å²) in [6.07, 6.45) is 0. The Bertz CT molecular complexity index is 402. The van der Waals surface area contributed by atoms with Crippen molar-refractivity contribution < 1.29 is 42.0 Å². The van der Waals surface area contributed by atoms with Gasteiger partial charge < -0.3 is 20.1 Å². The molecule has 1 radical (unpaired) electrons. The quantitative estimate of drug-likeness (QED) is 0.597. The topological polar surface area (TPSA) is 100 Å². The summed E-state index contributed by atoms with van der Waals surface area (Å²) in [7, 11) is 0.